The van der Waals surface area contributed by atoms with Crippen LogP contribution in [0.25, 0.3) is 0 Å². The molecule has 0 bridgehead atoms. The summed E-state index contributed by atoms with van der Waals surface area (Å²) >= 11 is 13.3. The van der Waals surface area contributed by atoms with Gasteiger partial charge in [-0.3, -0.25) is 4.79 Å². The van der Waals surface area contributed by atoms with Gasteiger partial charge in [-0.15, -0.1) is 11.3 Å². The van der Waals surface area contributed by atoms with Crippen molar-refractivity contribution in [3.63, 3.8) is 0 Å². The van der Waals surface area contributed by atoms with Gasteiger partial charge in [0.2, 0.25) is 0 Å². The molecule has 5 heteroatoms. The first kappa shape index (κ1) is 12.4. The molecule has 0 amide bonds. The zero-order chi connectivity index (χ0) is 12.6. The molecule has 1 aromatic carbocycles. The van der Waals surface area contributed by atoms with Gasteiger partial charge < -0.3 is 5.73 Å². The van der Waals surface area contributed by atoms with Crippen molar-refractivity contribution < 1.29 is 4.79 Å². The molecule has 1 heterocycles. The number of halogens is 2. The Labute approximate surface area is 113 Å². The minimum Gasteiger partial charge on any atom is -0.396 e. The van der Waals surface area contributed by atoms with Gasteiger partial charge in [-0.05, 0) is 25.1 Å². The van der Waals surface area contributed by atoms with E-state index in [9.17, 15) is 4.79 Å². The summed E-state index contributed by atoms with van der Waals surface area (Å²) in [5.74, 6) is -0.0989. The average molecular weight is 286 g/mol. The van der Waals surface area contributed by atoms with Crippen LogP contribution in [0.3, 0.4) is 0 Å². The number of carbonyl (C=O) groups is 1. The van der Waals surface area contributed by atoms with Crippen LogP contribution in [0.1, 0.15) is 20.8 Å². The summed E-state index contributed by atoms with van der Waals surface area (Å²) in [6, 6.07) is 4.92. The number of nitrogen functional groups attached to an aromatic ring is 1. The third-order valence-corrected chi connectivity index (χ3v) is 3.82. The van der Waals surface area contributed by atoms with E-state index in [1.807, 2.05) is 18.4 Å². The second-order valence-electron chi connectivity index (χ2n) is 3.63. The molecule has 0 fully saturated rings. The van der Waals surface area contributed by atoms with Gasteiger partial charge in [-0.1, -0.05) is 23.2 Å². The summed E-state index contributed by atoms with van der Waals surface area (Å²) in [4.78, 5) is 13.2. The van der Waals surface area contributed by atoms with Crippen LogP contribution >= 0.6 is 34.5 Å². The van der Waals surface area contributed by atoms with E-state index in [4.69, 9.17) is 28.9 Å². The Kier molecular flexibility index (Phi) is 3.43. The van der Waals surface area contributed by atoms with Crippen molar-refractivity contribution in [2.45, 2.75) is 6.92 Å². The van der Waals surface area contributed by atoms with Gasteiger partial charge in [0.1, 0.15) is 0 Å². The third-order valence-electron chi connectivity index (χ3n) is 2.33. The van der Waals surface area contributed by atoms with Gasteiger partial charge in [0, 0.05) is 21.4 Å². The Balaban J connectivity index is 2.44. The number of hydrogen-bond donors (Lipinski definition) is 1. The molecule has 0 aliphatic rings. The fourth-order valence-corrected chi connectivity index (χ4v) is 2.61. The highest BCUT2D eigenvalue weighted by Crippen LogP contribution is 2.30. The van der Waals surface area contributed by atoms with Gasteiger partial charge in [-0.25, -0.2) is 0 Å². The standard InChI is InChI=1S/C12H9Cl2NOS/c1-6-2-8(5-17-6)12(16)7-3-9(13)11(15)10(14)4-7/h2-5H,15H2,1H3. The smallest absolute Gasteiger partial charge is 0.193 e. The molecular weight excluding hydrogens is 277 g/mol. The first-order valence-corrected chi connectivity index (χ1v) is 6.47. The van der Waals surface area contributed by atoms with Crippen molar-refractivity contribution >= 4 is 46.0 Å². The van der Waals surface area contributed by atoms with Crippen molar-refractivity contribution in [3.05, 3.63) is 49.6 Å². The number of hydrogen-bond acceptors (Lipinski definition) is 3. The van der Waals surface area contributed by atoms with Crippen LogP contribution in [0.5, 0.6) is 0 Å². The van der Waals surface area contributed by atoms with E-state index in [2.05, 4.69) is 0 Å². The Morgan fingerprint density at radius 1 is 1.18 bits per heavy atom. The summed E-state index contributed by atoms with van der Waals surface area (Å²) in [6.07, 6.45) is 0. The summed E-state index contributed by atoms with van der Waals surface area (Å²) < 4.78 is 0. The molecule has 17 heavy (non-hydrogen) atoms. The van der Waals surface area contributed by atoms with Crippen LogP contribution in [0, 0.1) is 6.92 Å². The number of nitrogens with two attached hydrogens (primary N) is 1. The second kappa shape index (κ2) is 4.69. The van der Waals surface area contributed by atoms with Crippen LogP contribution in [-0.4, -0.2) is 5.78 Å². The summed E-state index contributed by atoms with van der Waals surface area (Å²) in [6.45, 7) is 1.95. The Hall–Kier alpha value is -1.03. The van der Waals surface area contributed by atoms with Gasteiger partial charge in [0.05, 0.1) is 15.7 Å². The predicted molar refractivity (Wildman–Crippen MR) is 73.4 cm³/mol. The molecule has 0 saturated heterocycles. The first-order valence-electron chi connectivity index (χ1n) is 4.83. The normalized spacial score (nSPS) is 10.5. The van der Waals surface area contributed by atoms with Gasteiger partial charge in [-0.2, -0.15) is 0 Å². The molecule has 0 saturated carbocycles. The molecule has 2 rings (SSSR count). The van der Waals surface area contributed by atoms with Crippen molar-refractivity contribution in [1.29, 1.82) is 0 Å². The summed E-state index contributed by atoms with van der Waals surface area (Å²) in [5.41, 5.74) is 7.01. The average Bonchev–Trinajstić information content (AvgIpc) is 2.71. The molecule has 2 nitrogen and oxygen atoms in total. The van der Waals surface area contributed by atoms with E-state index in [-0.39, 0.29) is 5.78 Å². The van der Waals surface area contributed by atoms with Crippen molar-refractivity contribution in [2.75, 3.05) is 5.73 Å². The molecule has 0 aliphatic carbocycles. The van der Waals surface area contributed by atoms with Crippen LogP contribution in [0.4, 0.5) is 5.69 Å². The first-order chi connectivity index (χ1) is 7.99. The fourth-order valence-electron chi connectivity index (χ4n) is 1.44. The molecule has 88 valence electrons. The Morgan fingerprint density at radius 2 is 1.76 bits per heavy atom. The molecule has 1 aromatic heterocycles. The highest BCUT2D eigenvalue weighted by atomic mass is 35.5. The lowest BCUT2D eigenvalue weighted by Gasteiger charge is -2.04. The number of carbonyl (C=O) groups excluding carboxylic acids is 1. The molecule has 0 atom stereocenters. The van der Waals surface area contributed by atoms with Crippen LogP contribution in [0.2, 0.25) is 10.0 Å². The van der Waals surface area contributed by atoms with E-state index < -0.39 is 0 Å². The number of thiophene rings is 1. The Bertz CT molecular complexity index is 569. The number of benzene rings is 1. The second-order valence-corrected chi connectivity index (χ2v) is 5.56. The lowest BCUT2D eigenvalue weighted by atomic mass is 10.1. The quantitative estimate of drug-likeness (QED) is 0.665. The van der Waals surface area contributed by atoms with Gasteiger partial charge in [0.15, 0.2) is 5.78 Å². The maximum Gasteiger partial charge on any atom is 0.193 e. The minimum atomic E-state index is -0.0989. The number of anilines is 1. The van der Waals surface area contributed by atoms with Crippen LogP contribution in [-0.2, 0) is 0 Å². The zero-order valence-corrected chi connectivity index (χ0v) is 11.3. The van der Waals surface area contributed by atoms with E-state index in [0.29, 0.717) is 26.9 Å². The lowest BCUT2D eigenvalue weighted by molar-refractivity contribution is 0.103. The third kappa shape index (κ3) is 2.46. The van der Waals surface area contributed by atoms with Crippen LogP contribution in [0.15, 0.2) is 23.6 Å². The largest absolute Gasteiger partial charge is 0.396 e. The van der Waals surface area contributed by atoms with Crippen LogP contribution < -0.4 is 5.73 Å². The molecule has 0 spiro atoms. The van der Waals surface area contributed by atoms with Crippen molar-refractivity contribution in [3.8, 4) is 0 Å². The SMILES string of the molecule is Cc1cc(C(=O)c2cc(Cl)c(N)c(Cl)c2)cs1. The fraction of sp³-hybridized carbons (Fsp3) is 0.0833. The molecule has 2 aromatic rings. The van der Waals surface area contributed by atoms with Crippen molar-refractivity contribution in [2.24, 2.45) is 0 Å². The van der Waals surface area contributed by atoms with E-state index in [1.165, 1.54) is 23.5 Å². The number of aryl methyl sites for hydroxylation is 1. The molecule has 0 radical (unpaired) electrons. The zero-order valence-electron chi connectivity index (χ0n) is 8.96. The summed E-state index contributed by atoms with van der Waals surface area (Å²) in [7, 11) is 0. The minimum absolute atomic E-state index is 0.0989. The maximum atomic E-state index is 12.1. The predicted octanol–water partition coefficient (Wildman–Crippen LogP) is 4.18. The monoisotopic (exact) mass is 285 g/mol. The number of ketones is 1. The van der Waals surface area contributed by atoms with E-state index in [1.54, 1.807) is 0 Å². The molecule has 0 aliphatic heterocycles. The van der Waals surface area contributed by atoms with Gasteiger partial charge in [0.25, 0.3) is 0 Å². The molecule has 2 N–H and O–H groups in total. The maximum absolute atomic E-state index is 12.1. The van der Waals surface area contributed by atoms with E-state index in [0.717, 1.165) is 4.88 Å². The molecular formula is C12H9Cl2NOS. The topological polar surface area (TPSA) is 43.1 Å². The van der Waals surface area contributed by atoms with Gasteiger partial charge >= 0.3 is 0 Å². The number of rotatable bonds is 2. The summed E-state index contributed by atoms with van der Waals surface area (Å²) in [5, 5.41) is 2.41. The highest BCUT2D eigenvalue weighted by Gasteiger charge is 2.14. The van der Waals surface area contributed by atoms with E-state index >= 15 is 0 Å². The highest BCUT2D eigenvalue weighted by molar-refractivity contribution is 7.10. The van der Waals surface area contributed by atoms with Crippen molar-refractivity contribution in [1.82, 2.24) is 0 Å². The molecule has 0 unspecified atom stereocenters. The lowest BCUT2D eigenvalue weighted by Crippen LogP contribution is -2.01. The Morgan fingerprint density at radius 3 is 2.24 bits per heavy atom.